The Hall–Kier alpha value is -1.24. The summed E-state index contributed by atoms with van der Waals surface area (Å²) in [5.74, 6) is -3.74. The number of hydrogen-bond donors (Lipinski definition) is 1. The molecule has 20 heavy (non-hydrogen) atoms. The van der Waals surface area contributed by atoms with Crippen LogP contribution in [-0.2, 0) is 6.42 Å². The molecule has 0 saturated carbocycles. The van der Waals surface area contributed by atoms with E-state index in [0.29, 0.717) is 0 Å². The summed E-state index contributed by atoms with van der Waals surface area (Å²) in [5.41, 5.74) is 1.84. The highest BCUT2D eigenvalue weighted by Crippen LogP contribution is 2.42. The molecule has 7 heteroatoms. The predicted molar refractivity (Wildman–Crippen MR) is 61.2 cm³/mol. The molecule has 0 heterocycles. The average Bonchev–Trinajstić information content (AvgIpc) is 2.18. The standard InChI is InChI=1S/C13H14F6O/c1-7-3-4-9(5-8(7)2)6-10(20)11(12(14,15)16)13(17,18)19/h3-5,10-11,20H,6H2,1-2H3. The van der Waals surface area contributed by atoms with Gasteiger partial charge in [-0.25, -0.2) is 0 Å². The second-order valence-electron chi connectivity index (χ2n) is 4.75. The summed E-state index contributed by atoms with van der Waals surface area (Å²) in [7, 11) is 0. The lowest BCUT2D eigenvalue weighted by Crippen LogP contribution is -2.45. The van der Waals surface area contributed by atoms with Gasteiger partial charge < -0.3 is 5.11 Å². The van der Waals surface area contributed by atoms with Gasteiger partial charge in [0, 0.05) is 0 Å². The molecular weight excluding hydrogens is 286 g/mol. The highest BCUT2D eigenvalue weighted by atomic mass is 19.4. The van der Waals surface area contributed by atoms with Crippen LogP contribution in [0.25, 0.3) is 0 Å². The molecule has 114 valence electrons. The summed E-state index contributed by atoms with van der Waals surface area (Å²) in [4.78, 5) is 0. The van der Waals surface area contributed by atoms with Crippen molar-refractivity contribution in [2.24, 2.45) is 5.92 Å². The zero-order valence-electron chi connectivity index (χ0n) is 10.8. The number of aliphatic hydroxyl groups is 1. The van der Waals surface area contributed by atoms with Gasteiger partial charge in [-0.1, -0.05) is 18.2 Å². The molecule has 1 N–H and O–H groups in total. The van der Waals surface area contributed by atoms with Gasteiger partial charge in [-0.2, -0.15) is 26.3 Å². The van der Waals surface area contributed by atoms with Crippen molar-refractivity contribution in [3.8, 4) is 0 Å². The van der Waals surface area contributed by atoms with Crippen LogP contribution in [0.15, 0.2) is 18.2 Å². The number of aliphatic hydroxyl groups excluding tert-OH is 1. The molecule has 1 rings (SSSR count). The van der Waals surface area contributed by atoms with Crippen LogP contribution in [-0.4, -0.2) is 23.6 Å². The van der Waals surface area contributed by atoms with E-state index in [0.717, 1.165) is 11.1 Å². The summed E-state index contributed by atoms with van der Waals surface area (Å²) in [6, 6.07) is 4.48. The van der Waals surface area contributed by atoms with Gasteiger partial charge in [-0.3, -0.25) is 0 Å². The fourth-order valence-corrected chi connectivity index (χ4v) is 1.91. The van der Waals surface area contributed by atoms with E-state index in [1.54, 1.807) is 19.9 Å². The first-order chi connectivity index (χ1) is 8.93. The molecule has 0 aliphatic heterocycles. The van der Waals surface area contributed by atoms with E-state index in [1.165, 1.54) is 12.1 Å². The lowest BCUT2D eigenvalue weighted by molar-refractivity contribution is -0.305. The normalized spacial score (nSPS) is 14.7. The van der Waals surface area contributed by atoms with E-state index in [2.05, 4.69) is 0 Å². The molecule has 1 nitrogen and oxygen atoms in total. The molecule has 1 atom stereocenters. The van der Waals surface area contributed by atoms with Crippen LogP contribution >= 0.6 is 0 Å². The second-order valence-corrected chi connectivity index (χ2v) is 4.75. The molecule has 0 aromatic heterocycles. The van der Waals surface area contributed by atoms with Gasteiger partial charge in [-0.15, -0.1) is 0 Å². The van der Waals surface area contributed by atoms with Crippen LogP contribution in [0.3, 0.4) is 0 Å². The third-order valence-corrected chi connectivity index (χ3v) is 3.11. The van der Waals surface area contributed by atoms with Gasteiger partial charge in [0.1, 0.15) is 0 Å². The minimum absolute atomic E-state index is 0.235. The molecule has 0 fully saturated rings. The van der Waals surface area contributed by atoms with E-state index in [1.807, 2.05) is 0 Å². The molecule has 1 aromatic rings. The number of halogens is 6. The number of rotatable bonds is 3. The van der Waals surface area contributed by atoms with E-state index in [9.17, 15) is 31.4 Å². The monoisotopic (exact) mass is 300 g/mol. The van der Waals surface area contributed by atoms with Crippen molar-refractivity contribution in [2.45, 2.75) is 38.7 Å². The maximum atomic E-state index is 12.4. The highest BCUT2D eigenvalue weighted by Gasteiger charge is 2.59. The zero-order valence-corrected chi connectivity index (χ0v) is 10.8. The van der Waals surface area contributed by atoms with Crippen molar-refractivity contribution in [1.82, 2.24) is 0 Å². The molecule has 0 bridgehead atoms. The molecule has 0 spiro atoms. The van der Waals surface area contributed by atoms with Crippen LogP contribution in [0.2, 0.25) is 0 Å². The molecule has 0 saturated heterocycles. The molecule has 0 aliphatic rings. The largest absolute Gasteiger partial charge is 0.403 e. The lowest BCUT2D eigenvalue weighted by Gasteiger charge is -2.27. The van der Waals surface area contributed by atoms with Crippen molar-refractivity contribution in [2.75, 3.05) is 0 Å². The van der Waals surface area contributed by atoms with Crippen molar-refractivity contribution < 1.29 is 31.4 Å². The van der Waals surface area contributed by atoms with Gasteiger partial charge in [-0.05, 0) is 37.0 Å². The molecule has 0 aliphatic carbocycles. The van der Waals surface area contributed by atoms with Gasteiger partial charge in [0.15, 0.2) is 5.92 Å². The Morgan fingerprint density at radius 1 is 0.950 bits per heavy atom. The minimum atomic E-state index is -5.53. The first-order valence-electron chi connectivity index (χ1n) is 5.80. The Balaban J connectivity index is 2.97. The van der Waals surface area contributed by atoms with Crippen LogP contribution in [0, 0.1) is 19.8 Å². The Kier molecular flexibility index (Phi) is 4.74. The van der Waals surface area contributed by atoms with Gasteiger partial charge >= 0.3 is 12.4 Å². The Morgan fingerprint density at radius 3 is 1.85 bits per heavy atom. The van der Waals surface area contributed by atoms with Crippen LogP contribution in [0.4, 0.5) is 26.3 Å². The minimum Gasteiger partial charge on any atom is -0.392 e. The second kappa shape index (κ2) is 5.63. The number of hydrogen-bond acceptors (Lipinski definition) is 1. The summed E-state index contributed by atoms with van der Waals surface area (Å²) in [6.45, 7) is 3.46. The molecule has 1 aromatic carbocycles. The van der Waals surface area contributed by atoms with E-state index < -0.39 is 30.8 Å². The summed E-state index contributed by atoms with van der Waals surface area (Å²) in [5, 5.41) is 9.35. The number of aryl methyl sites for hydroxylation is 2. The maximum absolute atomic E-state index is 12.4. The summed E-state index contributed by atoms with van der Waals surface area (Å²) in [6.07, 6.45) is -14.3. The van der Waals surface area contributed by atoms with Crippen molar-refractivity contribution in [1.29, 1.82) is 0 Å². The summed E-state index contributed by atoms with van der Waals surface area (Å²) < 4.78 is 74.6. The average molecular weight is 300 g/mol. The number of benzene rings is 1. The van der Waals surface area contributed by atoms with Crippen molar-refractivity contribution in [3.63, 3.8) is 0 Å². The van der Waals surface area contributed by atoms with E-state index >= 15 is 0 Å². The zero-order chi connectivity index (χ0) is 15.7. The van der Waals surface area contributed by atoms with E-state index in [-0.39, 0.29) is 5.56 Å². The Bertz CT molecular complexity index is 449. The topological polar surface area (TPSA) is 20.2 Å². The Morgan fingerprint density at radius 2 is 1.45 bits per heavy atom. The van der Waals surface area contributed by atoms with Crippen LogP contribution in [0.1, 0.15) is 16.7 Å². The number of alkyl halides is 6. The third-order valence-electron chi connectivity index (χ3n) is 3.11. The van der Waals surface area contributed by atoms with Gasteiger partial charge in [0.25, 0.3) is 0 Å². The Labute approximate surface area is 112 Å². The van der Waals surface area contributed by atoms with Crippen LogP contribution < -0.4 is 0 Å². The molecule has 1 unspecified atom stereocenters. The molecule has 0 amide bonds. The van der Waals surface area contributed by atoms with Crippen LogP contribution in [0.5, 0.6) is 0 Å². The highest BCUT2D eigenvalue weighted by molar-refractivity contribution is 5.30. The fourth-order valence-electron chi connectivity index (χ4n) is 1.91. The fraction of sp³-hybridized carbons (Fsp3) is 0.538. The van der Waals surface area contributed by atoms with Crippen molar-refractivity contribution in [3.05, 3.63) is 34.9 Å². The smallest absolute Gasteiger partial charge is 0.392 e. The lowest BCUT2D eigenvalue weighted by atomic mass is 9.93. The maximum Gasteiger partial charge on any atom is 0.403 e. The first kappa shape index (κ1) is 16.8. The van der Waals surface area contributed by atoms with Gasteiger partial charge in [0.2, 0.25) is 0 Å². The SMILES string of the molecule is Cc1ccc(CC(O)C(C(F)(F)F)C(F)(F)F)cc1C. The summed E-state index contributed by atoms with van der Waals surface area (Å²) >= 11 is 0. The van der Waals surface area contributed by atoms with Crippen molar-refractivity contribution >= 4 is 0 Å². The quantitative estimate of drug-likeness (QED) is 0.838. The molecule has 0 radical (unpaired) electrons. The third kappa shape index (κ3) is 4.13. The molecular formula is C13H14F6O. The van der Waals surface area contributed by atoms with E-state index in [4.69, 9.17) is 0 Å². The first-order valence-corrected chi connectivity index (χ1v) is 5.80. The predicted octanol–water partition coefficient (Wildman–Crippen LogP) is 3.95. The van der Waals surface area contributed by atoms with Gasteiger partial charge in [0.05, 0.1) is 6.10 Å².